The first-order valence-corrected chi connectivity index (χ1v) is 7.01. The Labute approximate surface area is 113 Å². The number of carbonyl (C=O) groups excluding carboxylic acids is 1. The summed E-state index contributed by atoms with van der Waals surface area (Å²) in [4.78, 5) is 11.3. The van der Waals surface area contributed by atoms with Gasteiger partial charge in [-0.3, -0.25) is 0 Å². The lowest BCUT2D eigenvalue weighted by atomic mass is 10.3. The molecule has 0 aliphatic rings. The predicted octanol–water partition coefficient (Wildman–Crippen LogP) is 2.03. The summed E-state index contributed by atoms with van der Waals surface area (Å²) in [5.74, 6) is 0.261. The quantitative estimate of drug-likeness (QED) is 0.370. The van der Waals surface area contributed by atoms with Crippen molar-refractivity contribution in [1.29, 1.82) is 5.26 Å². The first-order valence-electron chi connectivity index (χ1n) is 5.21. The summed E-state index contributed by atoms with van der Waals surface area (Å²) >= 11 is 2.94. The highest BCUT2D eigenvalue weighted by atomic mass is 32.2. The number of esters is 1. The number of rotatable bonds is 6. The summed E-state index contributed by atoms with van der Waals surface area (Å²) in [6.45, 7) is 3.93. The van der Waals surface area contributed by atoms with Gasteiger partial charge in [-0.1, -0.05) is 30.0 Å². The van der Waals surface area contributed by atoms with Crippen LogP contribution in [0.15, 0.2) is 16.1 Å². The second-order valence-electron chi connectivity index (χ2n) is 2.84. The van der Waals surface area contributed by atoms with Crippen LogP contribution in [0.3, 0.4) is 0 Å². The summed E-state index contributed by atoms with van der Waals surface area (Å²) in [6.07, 6.45) is 1.28. The van der Waals surface area contributed by atoms with Gasteiger partial charge in [-0.05, 0) is 12.7 Å². The van der Waals surface area contributed by atoms with Crippen LogP contribution < -0.4 is 5.32 Å². The Bertz CT molecular complexity index is 478. The zero-order chi connectivity index (χ0) is 13.4. The maximum atomic E-state index is 11.3. The monoisotopic (exact) mass is 284 g/mol. The third-order valence-electron chi connectivity index (χ3n) is 1.63. The van der Waals surface area contributed by atoms with E-state index in [0.717, 1.165) is 10.1 Å². The van der Waals surface area contributed by atoms with Gasteiger partial charge in [0.15, 0.2) is 9.91 Å². The molecule has 0 spiro atoms. The van der Waals surface area contributed by atoms with E-state index in [9.17, 15) is 4.79 Å². The minimum Gasteiger partial charge on any atom is -0.462 e. The zero-order valence-corrected chi connectivity index (χ0v) is 11.6. The SMILES string of the molecule is CCOC(=O)/C(C#N)=C/Nc1nnc(SCC)s1. The zero-order valence-electron chi connectivity index (χ0n) is 9.97. The first kappa shape index (κ1) is 14.5. The fraction of sp³-hybridized carbons (Fsp3) is 0.400. The minimum absolute atomic E-state index is 0.100. The number of nitriles is 1. The molecule has 0 saturated heterocycles. The molecule has 1 aromatic rings. The fourth-order valence-electron chi connectivity index (χ4n) is 0.929. The molecular formula is C10H12N4O2S2. The summed E-state index contributed by atoms with van der Waals surface area (Å²) in [5.41, 5.74) is -0.100. The molecule has 0 radical (unpaired) electrons. The van der Waals surface area contributed by atoms with Crippen LogP contribution in [-0.4, -0.2) is 28.5 Å². The van der Waals surface area contributed by atoms with Gasteiger partial charge >= 0.3 is 5.97 Å². The topological polar surface area (TPSA) is 87.9 Å². The Hall–Kier alpha value is -1.59. The molecule has 0 aromatic carbocycles. The Morgan fingerprint density at radius 2 is 2.39 bits per heavy atom. The van der Waals surface area contributed by atoms with Gasteiger partial charge in [-0.25, -0.2) is 4.79 Å². The van der Waals surface area contributed by atoms with E-state index in [1.54, 1.807) is 24.8 Å². The van der Waals surface area contributed by atoms with Gasteiger partial charge < -0.3 is 10.1 Å². The Morgan fingerprint density at radius 1 is 1.61 bits per heavy atom. The number of thioether (sulfide) groups is 1. The summed E-state index contributed by atoms with van der Waals surface area (Å²) in [5, 5.41) is 19.9. The van der Waals surface area contributed by atoms with E-state index in [1.165, 1.54) is 17.5 Å². The maximum absolute atomic E-state index is 11.3. The molecule has 18 heavy (non-hydrogen) atoms. The average molecular weight is 284 g/mol. The van der Waals surface area contributed by atoms with E-state index in [4.69, 9.17) is 10.00 Å². The predicted molar refractivity (Wildman–Crippen MR) is 70.3 cm³/mol. The van der Waals surface area contributed by atoms with Gasteiger partial charge in [-0.2, -0.15) is 5.26 Å². The minimum atomic E-state index is -0.653. The van der Waals surface area contributed by atoms with Gasteiger partial charge in [0.25, 0.3) is 0 Å². The highest BCUT2D eigenvalue weighted by Crippen LogP contribution is 2.24. The van der Waals surface area contributed by atoms with Crippen molar-refractivity contribution >= 4 is 34.2 Å². The van der Waals surface area contributed by atoms with E-state index in [0.29, 0.717) is 5.13 Å². The molecule has 0 aliphatic carbocycles. The maximum Gasteiger partial charge on any atom is 0.350 e. The van der Waals surface area contributed by atoms with Crippen LogP contribution in [0.25, 0.3) is 0 Å². The number of nitrogens with zero attached hydrogens (tertiary/aromatic N) is 3. The lowest BCUT2D eigenvalue weighted by Gasteiger charge is -1.99. The van der Waals surface area contributed by atoms with Crippen molar-refractivity contribution in [3.05, 3.63) is 11.8 Å². The second kappa shape index (κ2) is 7.68. The number of hydrogen-bond acceptors (Lipinski definition) is 8. The largest absolute Gasteiger partial charge is 0.462 e. The average Bonchev–Trinajstić information content (AvgIpc) is 2.78. The second-order valence-corrected chi connectivity index (χ2v) is 5.33. The molecule has 96 valence electrons. The highest BCUT2D eigenvalue weighted by Gasteiger charge is 2.10. The molecule has 0 fully saturated rings. The van der Waals surface area contributed by atoms with E-state index in [2.05, 4.69) is 15.5 Å². The van der Waals surface area contributed by atoms with Crippen molar-refractivity contribution in [3.63, 3.8) is 0 Å². The van der Waals surface area contributed by atoms with Crippen molar-refractivity contribution < 1.29 is 9.53 Å². The smallest absolute Gasteiger partial charge is 0.350 e. The number of aromatic nitrogens is 2. The lowest BCUT2D eigenvalue weighted by molar-refractivity contribution is -0.138. The summed E-state index contributed by atoms with van der Waals surface area (Å²) in [7, 11) is 0. The number of ether oxygens (including phenoxy) is 1. The molecule has 0 amide bonds. The van der Waals surface area contributed by atoms with E-state index < -0.39 is 5.97 Å². The van der Waals surface area contributed by atoms with Crippen LogP contribution in [0, 0.1) is 11.3 Å². The van der Waals surface area contributed by atoms with Crippen molar-refractivity contribution in [2.45, 2.75) is 18.2 Å². The standard InChI is InChI=1S/C10H12N4O2S2/c1-3-16-8(15)7(5-11)6-12-9-13-14-10(18-9)17-4-2/h6H,3-4H2,1-2H3,(H,12,13)/b7-6+. The van der Waals surface area contributed by atoms with Crippen LogP contribution in [0.2, 0.25) is 0 Å². The molecule has 0 unspecified atom stereocenters. The molecule has 0 aliphatic heterocycles. The van der Waals surface area contributed by atoms with E-state index >= 15 is 0 Å². The number of carbonyl (C=O) groups is 1. The van der Waals surface area contributed by atoms with E-state index in [1.807, 2.05) is 6.92 Å². The van der Waals surface area contributed by atoms with Crippen molar-refractivity contribution in [2.75, 3.05) is 17.7 Å². The summed E-state index contributed by atoms with van der Waals surface area (Å²) < 4.78 is 5.56. The number of nitrogens with one attached hydrogen (secondary N) is 1. The molecule has 6 nitrogen and oxygen atoms in total. The van der Waals surface area contributed by atoms with E-state index in [-0.39, 0.29) is 12.2 Å². The molecule has 1 rings (SSSR count). The van der Waals surface area contributed by atoms with Crippen LogP contribution in [-0.2, 0) is 9.53 Å². The first-order chi connectivity index (χ1) is 8.71. The number of anilines is 1. The Kier molecular flexibility index (Phi) is 6.18. The molecular weight excluding hydrogens is 272 g/mol. The molecule has 0 saturated carbocycles. The Morgan fingerprint density at radius 3 is 3.00 bits per heavy atom. The van der Waals surface area contributed by atoms with Gasteiger partial charge in [0, 0.05) is 6.20 Å². The van der Waals surface area contributed by atoms with Crippen molar-refractivity contribution in [1.82, 2.24) is 10.2 Å². The highest BCUT2D eigenvalue weighted by molar-refractivity contribution is 8.01. The molecule has 0 atom stereocenters. The molecule has 0 bridgehead atoms. The van der Waals surface area contributed by atoms with Gasteiger partial charge in [0.05, 0.1) is 6.61 Å². The summed E-state index contributed by atoms with van der Waals surface area (Å²) in [6, 6.07) is 1.76. The molecule has 1 N–H and O–H groups in total. The van der Waals surface area contributed by atoms with Crippen molar-refractivity contribution in [2.24, 2.45) is 0 Å². The van der Waals surface area contributed by atoms with Gasteiger partial charge in [-0.15, -0.1) is 10.2 Å². The lowest BCUT2D eigenvalue weighted by Crippen LogP contribution is -2.07. The van der Waals surface area contributed by atoms with Gasteiger partial charge in [0.1, 0.15) is 6.07 Å². The normalized spacial score (nSPS) is 10.8. The van der Waals surface area contributed by atoms with Crippen LogP contribution in [0.4, 0.5) is 5.13 Å². The van der Waals surface area contributed by atoms with Gasteiger partial charge in [0.2, 0.25) is 5.13 Å². The van der Waals surface area contributed by atoms with Crippen LogP contribution in [0.5, 0.6) is 0 Å². The third-order valence-corrected chi connectivity index (χ3v) is 3.50. The Balaban J connectivity index is 2.65. The van der Waals surface area contributed by atoms with Crippen molar-refractivity contribution in [3.8, 4) is 6.07 Å². The molecule has 1 heterocycles. The van der Waals surface area contributed by atoms with Crippen LogP contribution in [0.1, 0.15) is 13.8 Å². The molecule has 1 aromatic heterocycles. The van der Waals surface area contributed by atoms with Crippen LogP contribution >= 0.6 is 23.1 Å². The molecule has 8 heteroatoms. The third kappa shape index (κ3) is 4.35. The number of hydrogen-bond donors (Lipinski definition) is 1. The fourth-order valence-corrected chi connectivity index (χ4v) is 2.55.